The molecule has 0 heterocycles. The SMILES string of the molecule is Cc1ccc(NCc2ccccc2C(N)=NO)cc1. The topological polar surface area (TPSA) is 70.6 Å². The molecular weight excluding hydrogens is 238 g/mol. The normalized spacial score (nSPS) is 11.3. The van der Waals surface area contributed by atoms with Gasteiger partial charge in [-0.2, -0.15) is 0 Å². The number of hydrogen-bond acceptors (Lipinski definition) is 3. The van der Waals surface area contributed by atoms with Gasteiger partial charge in [0.25, 0.3) is 0 Å². The highest BCUT2D eigenvalue weighted by molar-refractivity contribution is 5.98. The molecule has 0 atom stereocenters. The standard InChI is InChI=1S/C15H17N3O/c1-11-6-8-13(9-7-11)17-10-12-4-2-3-5-14(12)15(16)18-19/h2-9,17,19H,10H2,1H3,(H2,16,18). The van der Waals surface area contributed by atoms with E-state index in [0.717, 1.165) is 16.8 Å². The number of nitrogens with two attached hydrogens (primary N) is 1. The highest BCUT2D eigenvalue weighted by Crippen LogP contribution is 2.13. The number of nitrogens with one attached hydrogen (secondary N) is 1. The van der Waals surface area contributed by atoms with E-state index in [1.165, 1.54) is 5.56 Å². The van der Waals surface area contributed by atoms with Gasteiger partial charge in [-0.15, -0.1) is 0 Å². The molecule has 0 aliphatic heterocycles. The van der Waals surface area contributed by atoms with Crippen molar-refractivity contribution in [3.63, 3.8) is 0 Å². The van der Waals surface area contributed by atoms with Gasteiger partial charge in [-0.3, -0.25) is 0 Å². The van der Waals surface area contributed by atoms with E-state index in [9.17, 15) is 0 Å². The molecule has 0 bridgehead atoms. The number of anilines is 1. The molecule has 4 heteroatoms. The van der Waals surface area contributed by atoms with Crippen molar-refractivity contribution in [1.29, 1.82) is 0 Å². The fourth-order valence-corrected chi connectivity index (χ4v) is 1.85. The highest BCUT2D eigenvalue weighted by Gasteiger charge is 2.05. The zero-order chi connectivity index (χ0) is 13.7. The summed E-state index contributed by atoms with van der Waals surface area (Å²) in [7, 11) is 0. The minimum atomic E-state index is 0.126. The van der Waals surface area contributed by atoms with Crippen LogP contribution in [-0.4, -0.2) is 11.0 Å². The molecule has 2 aromatic carbocycles. The summed E-state index contributed by atoms with van der Waals surface area (Å²) in [6.07, 6.45) is 0. The molecule has 0 radical (unpaired) electrons. The average molecular weight is 255 g/mol. The predicted molar refractivity (Wildman–Crippen MR) is 77.5 cm³/mol. The van der Waals surface area contributed by atoms with Gasteiger partial charge in [0.05, 0.1) is 0 Å². The molecule has 0 aliphatic carbocycles. The van der Waals surface area contributed by atoms with Gasteiger partial charge >= 0.3 is 0 Å². The molecular formula is C15H17N3O. The van der Waals surface area contributed by atoms with Crippen LogP contribution in [0.5, 0.6) is 0 Å². The van der Waals surface area contributed by atoms with Gasteiger partial charge in [0.1, 0.15) is 0 Å². The summed E-state index contributed by atoms with van der Waals surface area (Å²) in [4.78, 5) is 0. The lowest BCUT2D eigenvalue weighted by molar-refractivity contribution is 0.318. The van der Waals surface area contributed by atoms with Crippen LogP contribution in [0.2, 0.25) is 0 Å². The van der Waals surface area contributed by atoms with E-state index in [4.69, 9.17) is 10.9 Å². The third-order valence-electron chi connectivity index (χ3n) is 2.94. The molecule has 0 aromatic heterocycles. The highest BCUT2D eigenvalue weighted by atomic mass is 16.4. The molecule has 0 saturated heterocycles. The summed E-state index contributed by atoms with van der Waals surface area (Å²) in [5, 5.41) is 15.1. The van der Waals surface area contributed by atoms with E-state index in [2.05, 4.69) is 29.5 Å². The fraction of sp³-hybridized carbons (Fsp3) is 0.133. The summed E-state index contributed by atoms with van der Waals surface area (Å²) in [5.41, 5.74) is 9.65. The smallest absolute Gasteiger partial charge is 0.170 e. The summed E-state index contributed by atoms with van der Waals surface area (Å²) >= 11 is 0. The zero-order valence-corrected chi connectivity index (χ0v) is 10.8. The van der Waals surface area contributed by atoms with Crippen molar-refractivity contribution < 1.29 is 5.21 Å². The maximum absolute atomic E-state index is 8.77. The third kappa shape index (κ3) is 3.25. The molecule has 0 spiro atoms. The molecule has 19 heavy (non-hydrogen) atoms. The van der Waals surface area contributed by atoms with Gasteiger partial charge in [-0.1, -0.05) is 47.1 Å². The van der Waals surface area contributed by atoms with Crippen molar-refractivity contribution in [1.82, 2.24) is 0 Å². The second kappa shape index (κ2) is 5.91. The van der Waals surface area contributed by atoms with Crippen LogP contribution >= 0.6 is 0 Å². The fourth-order valence-electron chi connectivity index (χ4n) is 1.85. The van der Waals surface area contributed by atoms with Gasteiger partial charge in [0, 0.05) is 17.8 Å². The third-order valence-corrected chi connectivity index (χ3v) is 2.94. The maximum Gasteiger partial charge on any atom is 0.170 e. The van der Waals surface area contributed by atoms with Gasteiger partial charge < -0.3 is 16.3 Å². The molecule has 98 valence electrons. The molecule has 0 saturated carbocycles. The monoisotopic (exact) mass is 255 g/mol. The Labute approximate surface area is 112 Å². The van der Waals surface area contributed by atoms with E-state index in [0.29, 0.717) is 6.54 Å². The van der Waals surface area contributed by atoms with E-state index in [1.54, 1.807) is 0 Å². The number of amidine groups is 1. The number of oxime groups is 1. The summed E-state index contributed by atoms with van der Waals surface area (Å²) < 4.78 is 0. The molecule has 0 amide bonds. The van der Waals surface area contributed by atoms with Crippen LogP contribution in [0.1, 0.15) is 16.7 Å². The van der Waals surface area contributed by atoms with Crippen LogP contribution in [0.4, 0.5) is 5.69 Å². The number of aryl methyl sites for hydroxylation is 1. The Morgan fingerprint density at radius 3 is 2.53 bits per heavy atom. The van der Waals surface area contributed by atoms with Crippen molar-refractivity contribution >= 4 is 11.5 Å². The molecule has 0 fully saturated rings. The van der Waals surface area contributed by atoms with Crippen molar-refractivity contribution in [3.05, 3.63) is 65.2 Å². The Hall–Kier alpha value is -2.49. The van der Waals surface area contributed by atoms with Crippen LogP contribution < -0.4 is 11.1 Å². The minimum Gasteiger partial charge on any atom is -0.409 e. The molecule has 4 nitrogen and oxygen atoms in total. The second-order valence-corrected chi connectivity index (χ2v) is 4.36. The summed E-state index contributed by atoms with van der Waals surface area (Å²) in [6, 6.07) is 15.7. The number of hydrogen-bond donors (Lipinski definition) is 3. The maximum atomic E-state index is 8.77. The summed E-state index contributed by atoms with van der Waals surface area (Å²) in [5.74, 6) is 0.126. The first kappa shape index (κ1) is 13.0. The lowest BCUT2D eigenvalue weighted by Crippen LogP contribution is -2.16. The molecule has 2 aromatic rings. The van der Waals surface area contributed by atoms with E-state index >= 15 is 0 Å². The van der Waals surface area contributed by atoms with Crippen molar-refractivity contribution in [3.8, 4) is 0 Å². The van der Waals surface area contributed by atoms with Gasteiger partial charge in [0.15, 0.2) is 5.84 Å². The average Bonchev–Trinajstić information content (AvgIpc) is 2.46. The second-order valence-electron chi connectivity index (χ2n) is 4.36. The largest absolute Gasteiger partial charge is 0.409 e. The first-order valence-corrected chi connectivity index (χ1v) is 6.07. The Kier molecular flexibility index (Phi) is 4.03. The van der Waals surface area contributed by atoms with Crippen LogP contribution in [-0.2, 0) is 6.54 Å². The van der Waals surface area contributed by atoms with E-state index in [-0.39, 0.29) is 5.84 Å². The van der Waals surface area contributed by atoms with Crippen LogP contribution in [0.3, 0.4) is 0 Å². The Morgan fingerprint density at radius 1 is 1.16 bits per heavy atom. The Bertz CT molecular complexity index is 576. The number of rotatable bonds is 4. The molecule has 0 unspecified atom stereocenters. The van der Waals surface area contributed by atoms with Crippen molar-refractivity contribution in [2.45, 2.75) is 13.5 Å². The predicted octanol–water partition coefficient (Wildman–Crippen LogP) is 2.70. The van der Waals surface area contributed by atoms with Crippen LogP contribution in [0.15, 0.2) is 53.7 Å². The van der Waals surface area contributed by atoms with Gasteiger partial charge in [0.2, 0.25) is 0 Å². The number of benzene rings is 2. The first-order chi connectivity index (χ1) is 9.20. The summed E-state index contributed by atoms with van der Waals surface area (Å²) in [6.45, 7) is 2.67. The van der Waals surface area contributed by atoms with Gasteiger partial charge in [-0.25, -0.2) is 0 Å². The minimum absolute atomic E-state index is 0.126. The molecule has 2 rings (SSSR count). The van der Waals surface area contributed by atoms with Crippen molar-refractivity contribution in [2.75, 3.05) is 5.32 Å². The zero-order valence-electron chi connectivity index (χ0n) is 10.8. The molecule has 4 N–H and O–H groups in total. The lowest BCUT2D eigenvalue weighted by atomic mass is 10.1. The van der Waals surface area contributed by atoms with Crippen molar-refractivity contribution in [2.24, 2.45) is 10.9 Å². The van der Waals surface area contributed by atoms with Crippen LogP contribution in [0.25, 0.3) is 0 Å². The first-order valence-electron chi connectivity index (χ1n) is 6.07. The number of nitrogens with zero attached hydrogens (tertiary/aromatic N) is 1. The van der Waals surface area contributed by atoms with Gasteiger partial charge in [-0.05, 0) is 24.6 Å². The van der Waals surface area contributed by atoms with Crippen LogP contribution in [0, 0.1) is 6.92 Å². The van der Waals surface area contributed by atoms with E-state index in [1.807, 2.05) is 36.4 Å². The quantitative estimate of drug-likeness (QED) is 0.340. The Morgan fingerprint density at radius 2 is 1.84 bits per heavy atom. The molecule has 0 aliphatic rings. The van der Waals surface area contributed by atoms with E-state index < -0.39 is 0 Å². The lowest BCUT2D eigenvalue weighted by Gasteiger charge is -2.10. The Balaban J connectivity index is 2.13.